The zero-order valence-corrected chi connectivity index (χ0v) is 18.9. The summed E-state index contributed by atoms with van der Waals surface area (Å²) in [7, 11) is 0. The topological polar surface area (TPSA) is 131 Å². The smallest absolute Gasteiger partial charge is 0.356 e. The SMILES string of the molecule is CCC(N)C(=O)N1C[C@H]2[C@@H]([C@H]1C(=O)NC(C[C@@H]1CCNC1=O)C(=O)COC(F)(F)F)C2(C)C. The fourth-order valence-corrected chi connectivity index (χ4v) is 5.14. The summed E-state index contributed by atoms with van der Waals surface area (Å²) in [6, 6.07) is -3.02. The molecular weight excluding hydrogens is 445 g/mol. The highest BCUT2D eigenvalue weighted by Crippen LogP contribution is 2.64. The lowest BCUT2D eigenvalue weighted by Gasteiger charge is -2.33. The molecule has 2 heterocycles. The number of rotatable bonds is 9. The third-order valence-corrected chi connectivity index (χ3v) is 7.28. The van der Waals surface area contributed by atoms with Gasteiger partial charge in [0, 0.05) is 19.0 Å². The van der Waals surface area contributed by atoms with Crippen LogP contribution in [0.5, 0.6) is 0 Å². The van der Waals surface area contributed by atoms with Crippen LogP contribution in [-0.4, -0.2) is 72.6 Å². The predicted octanol–water partition coefficient (Wildman–Crippen LogP) is 0.323. The summed E-state index contributed by atoms with van der Waals surface area (Å²) in [5, 5.41) is 5.13. The van der Waals surface area contributed by atoms with Crippen molar-refractivity contribution in [2.24, 2.45) is 28.9 Å². The van der Waals surface area contributed by atoms with E-state index in [0.29, 0.717) is 25.9 Å². The lowest BCUT2D eigenvalue weighted by molar-refractivity contribution is -0.321. The van der Waals surface area contributed by atoms with Crippen LogP contribution in [0.15, 0.2) is 0 Å². The van der Waals surface area contributed by atoms with Gasteiger partial charge in [-0.25, -0.2) is 0 Å². The summed E-state index contributed by atoms with van der Waals surface area (Å²) in [5.74, 6) is -3.01. The molecule has 4 N–H and O–H groups in total. The molecule has 0 aromatic rings. The molecule has 3 amide bonds. The number of hydrogen-bond acceptors (Lipinski definition) is 6. The van der Waals surface area contributed by atoms with Crippen molar-refractivity contribution in [1.82, 2.24) is 15.5 Å². The van der Waals surface area contributed by atoms with E-state index >= 15 is 0 Å². The molecule has 3 rings (SSSR count). The van der Waals surface area contributed by atoms with Crippen LogP contribution in [0.3, 0.4) is 0 Å². The Morgan fingerprint density at radius 1 is 1.33 bits per heavy atom. The van der Waals surface area contributed by atoms with Gasteiger partial charge in [-0.15, -0.1) is 13.2 Å². The maximum Gasteiger partial charge on any atom is 0.522 e. The van der Waals surface area contributed by atoms with E-state index in [1.54, 1.807) is 6.92 Å². The van der Waals surface area contributed by atoms with E-state index in [9.17, 15) is 32.3 Å². The van der Waals surface area contributed by atoms with E-state index in [0.717, 1.165) is 0 Å². The number of nitrogens with zero attached hydrogens (tertiary/aromatic N) is 1. The molecule has 3 fully saturated rings. The highest BCUT2D eigenvalue weighted by Gasteiger charge is 2.69. The number of carbonyl (C=O) groups excluding carboxylic acids is 4. The van der Waals surface area contributed by atoms with E-state index in [4.69, 9.17) is 5.73 Å². The molecule has 186 valence electrons. The largest absolute Gasteiger partial charge is 0.522 e. The van der Waals surface area contributed by atoms with Crippen molar-refractivity contribution in [2.45, 2.75) is 64.5 Å². The first-order valence-electron chi connectivity index (χ1n) is 11.2. The maximum atomic E-state index is 13.3. The van der Waals surface area contributed by atoms with E-state index in [-0.39, 0.29) is 35.5 Å². The number of amides is 3. The average Bonchev–Trinajstić information content (AvgIpc) is 3.11. The molecule has 0 radical (unpaired) electrons. The van der Waals surface area contributed by atoms with Gasteiger partial charge in [0.2, 0.25) is 17.7 Å². The van der Waals surface area contributed by atoms with E-state index in [1.807, 2.05) is 13.8 Å². The number of nitrogens with one attached hydrogen (secondary N) is 2. The number of likely N-dealkylation sites (tertiary alicyclic amines) is 1. The Hall–Kier alpha value is -2.21. The lowest BCUT2D eigenvalue weighted by atomic mass is 9.94. The van der Waals surface area contributed by atoms with Crippen molar-refractivity contribution in [3.05, 3.63) is 0 Å². The van der Waals surface area contributed by atoms with Gasteiger partial charge in [0.1, 0.15) is 12.6 Å². The van der Waals surface area contributed by atoms with Crippen LogP contribution in [0.2, 0.25) is 0 Å². The number of ether oxygens (including phenoxy) is 1. The van der Waals surface area contributed by atoms with Gasteiger partial charge in [-0.05, 0) is 36.5 Å². The third kappa shape index (κ3) is 5.32. The molecule has 2 aliphatic heterocycles. The van der Waals surface area contributed by atoms with Crippen molar-refractivity contribution in [3.8, 4) is 0 Å². The molecule has 33 heavy (non-hydrogen) atoms. The van der Waals surface area contributed by atoms with Crippen LogP contribution < -0.4 is 16.4 Å². The Morgan fingerprint density at radius 2 is 2.00 bits per heavy atom. The fraction of sp³-hybridized carbons (Fsp3) is 0.810. The Labute approximate surface area is 189 Å². The summed E-state index contributed by atoms with van der Waals surface area (Å²) in [6.07, 6.45) is -4.37. The van der Waals surface area contributed by atoms with Crippen molar-refractivity contribution in [1.29, 1.82) is 0 Å². The number of carbonyl (C=O) groups is 4. The van der Waals surface area contributed by atoms with Crippen molar-refractivity contribution >= 4 is 23.5 Å². The summed E-state index contributed by atoms with van der Waals surface area (Å²) in [4.78, 5) is 52.0. The molecule has 0 bridgehead atoms. The third-order valence-electron chi connectivity index (χ3n) is 7.28. The molecule has 3 aliphatic rings. The zero-order valence-electron chi connectivity index (χ0n) is 18.9. The molecule has 1 aliphatic carbocycles. The number of hydrogen-bond donors (Lipinski definition) is 3. The van der Waals surface area contributed by atoms with Crippen LogP contribution >= 0.6 is 0 Å². The Bertz CT molecular complexity index is 818. The van der Waals surface area contributed by atoms with Crippen LogP contribution in [0.4, 0.5) is 13.2 Å². The second kappa shape index (κ2) is 9.21. The maximum absolute atomic E-state index is 13.3. The molecule has 2 unspecified atom stereocenters. The number of nitrogens with two attached hydrogens (primary N) is 1. The molecule has 0 aromatic carbocycles. The number of alkyl halides is 3. The molecule has 2 saturated heterocycles. The molecule has 0 spiro atoms. The average molecular weight is 476 g/mol. The number of Topliss-reactive ketones (excluding diaryl/α,β-unsaturated/α-hetero) is 1. The number of halogens is 3. The Balaban J connectivity index is 1.77. The minimum Gasteiger partial charge on any atom is -0.356 e. The van der Waals surface area contributed by atoms with E-state index < -0.39 is 48.7 Å². The van der Waals surface area contributed by atoms with E-state index in [2.05, 4.69) is 15.4 Å². The number of piperidine rings is 1. The van der Waals surface area contributed by atoms with Gasteiger partial charge in [0.25, 0.3) is 0 Å². The standard InChI is InChI=1S/C21H31F3N4O5/c1-4-12(25)19(32)28-8-11-15(20(11,2)3)16(28)18(31)27-13(7-10-5-6-26-17(10)30)14(29)9-33-21(22,23)24/h10-13,15-16H,4-9,25H2,1-3H3,(H,26,30)(H,27,31)/t10-,11-,12?,13?,15-,16-/m0/s1. The summed E-state index contributed by atoms with van der Waals surface area (Å²) in [5.41, 5.74) is 5.70. The minimum atomic E-state index is -5.01. The van der Waals surface area contributed by atoms with Crippen molar-refractivity contribution in [3.63, 3.8) is 0 Å². The first kappa shape index (κ1) is 25.4. The number of ketones is 1. The molecule has 6 atom stereocenters. The van der Waals surface area contributed by atoms with Gasteiger partial charge < -0.3 is 21.3 Å². The van der Waals surface area contributed by atoms with E-state index in [1.165, 1.54) is 4.90 Å². The molecule has 1 saturated carbocycles. The first-order valence-corrected chi connectivity index (χ1v) is 11.2. The Kier molecular flexibility index (Phi) is 7.09. The minimum absolute atomic E-state index is 0.0876. The second-order valence-electron chi connectivity index (χ2n) is 9.68. The van der Waals surface area contributed by atoms with Gasteiger partial charge >= 0.3 is 6.36 Å². The molecule has 12 heteroatoms. The normalized spacial score (nSPS) is 29.8. The van der Waals surface area contributed by atoms with Gasteiger partial charge in [-0.1, -0.05) is 20.8 Å². The molecule has 9 nitrogen and oxygen atoms in total. The summed E-state index contributed by atoms with van der Waals surface area (Å²) in [6.45, 7) is 5.16. The molecular formula is C21H31F3N4O5. The number of fused-ring (bicyclic) bond motifs is 1. The highest BCUT2D eigenvalue weighted by molar-refractivity contribution is 5.95. The van der Waals surface area contributed by atoms with Crippen LogP contribution in [-0.2, 0) is 23.9 Å². The van der Waals surface area contributed by atoms with Gasteiger partial charge in [-0.3, -0.25) is 23.9 Å². The lowest BCUT2D eigenvalue weighted by Crippen LogP contribution is -2.56. The predicted molar refractivity (Wildman–Crippen MR) is 109 cm³/mol. The monoisotopic (exact) mass is 476 g/mol. The van der Waals surface area contributed by atoms with Crippen LogP contribution in [0, 0.1) is 23.2 Å². The van der Waals surface area contributed by atoms with Crippen molar-refractivity contribution in [2.75, 3.05) is 19.7 Å². The quantitative estimate of drug-likeness (QED) is 0.440. The molecule has 0 aromatic heterocycles. The summed E-state index contributed by atoms with van der Waals surface area (Å²) >= 11 is 0. The van der Waals surface area contributed by atoms with Crippen LogP contribution in [0.1, 0.15) is 40.0 Å². The van der Waals surface area contributed by atoms with Gasteiger partial charge in [0.15, 0.2) is 5.78 Å². The Morgan fingerprint density at radius 3 is 2.55 bits per heavy atom. The van der Waals surface area contributed by atoms with Gasteiger partial charge in [-0.2, -0.15) is 0 Å². The van der Waals surface area contributed by atoms with Crippen molar-refractivity contribution < 1.29 is 37.1 Å². The highest BCUT2D eigenvalue weighted by atomic mass is 19.4. The first-order chi connectivity index (χ1) is 15.3. The second-order valence-corrected chi connectivity index (χ2v) is 9.68. The summed E-state index contributed by atoms with van der Waals surface area (Å²) < 4.78 is 41.0. The van der Waals surface area contributed by atoms with Crippen LogP contribution in [0.25, 0.3) is 0 Å². The fourth-order valence-electron chi connectivity index (χ4n) is 5.14. The van der Waals surface area contributed by atoms with Gasteiger partial charge in [0.05, 0.1) is 12.1 Å². The zero-order chi connectivity index (χ0) is 24.7.